The summed E-state index contributed by atoms with van der Waals surface area (Å²) in [7, 11) is 0. The van der Waals surface area contributed by atoms with Gasteiger partial charge >= 0.3 is 0 Å². The molecule has 0 fully saturated rings. The number of aromatic nitrogens is 5. The smallest absolute Gasteiger partial charge is 0.137 e. The highest BCUT2D eigenvalue weighted by molar-refractivity contribution is 5.86. The second kappa shape index (κ2) is 6.78. The summed E-state index contributed by atoms with van der Waals surface area (Å²) >= 11 is 0. The molecule has 1 aromatic carbocycles. The maximum Gasteiger partial charge on any atom is 0.137 e. The van der Waals surface area contributed by atoms with Gasteiger partial charge in [0.1, 0.15) is 5.65 Å². The number of benzene rings is 1. The highest BCUT2D eigenvalue weighted by Gasteiger charge is 2.13. The molecule has 5 aromatic rings. The molecule has 0 unspecified atom stereocenters. The first kappa shape index (κ1) is 16.4. The van der Waals surface area contributed by atoms with Crippen molar-refractivity contribution >= 4 is 11.0 Å². The Balaban J connectivity index is 1.59. The fourth-order valence-electron chi connectivity index (χ4n) is 3.47. The molecule has 0 aliphatic rings. The lowest BCUT2D eigenvalue weighted by molar-refractivity contribution is 0.669. The molecular formula is C23H19N5. The number of aromatic amines is 1. The molecule has 5 nitrogen and oxygen atoms in total. The second-order valence-electron chi connectivity index (χ2n) is 6.68. The fraction of sp³-hybridized carbons (Fsp3) is 0.0870. The highest BCUT2D eigenvalue weighted by Crippen LogP contribution is 2.29. The minimum absolute atomic E-state index is 0.788. The van der Waals surface area contributed by atoms with E-state index in [1.54, 1.807) is 6.20 Å². The van der Waals surface area contributed by atoms with Crippen molar-refractivity contribution in [3.63, 3.8) is 0 Å². The zero-order valence-electron chi connectivity index (χ0n) is 15.5. The molecule has 0 atom stereocenters. The molecule has 0 spiro atoms. The Morgan fingerprint density at radius 1 is 0.893 bits per heavy atom. The van der Waals surface area contributed by atoms with Crippen LogP contribution in [0.25, 0.3) is 44.8 Å². The molecule has 28 heavy (non-hydrogen) atoms. The molecule has 4 heterocycles. The minimum Gasteiger partial charge on any atom is -0.339 e. The summed E-state index contributed by atoms with van der Waals surface area (Å²) in [6.45, 7) is 2.88. The standard InChI is InChI=1S/C23H19N5/c1-2-28-22(13-21(27-28)17-9-6-10-24-14-17)19-11-18-12-20(26-23(18)25-15-19)16-7-4-3-5-8-16/h3-15H,2H2,1H3,(H,25,26). The van der Waals surface area contributed by atoms with Crippen molar-refractivity contribution in [2.75, 3.05) is 0 Å². The van der Waals surface area contributed by atoms with Crippen LogP contribution in [0.5, 0.6) is 0 Å². The third-order valence-electron chi connectivity index (χ3n) is 4.89. The number of rotatable bonds is 4. The summed E-state index contributed by atoms with van der Waals surface area (Å²) in [5, 5.41) is 5.84. The zero-order valence-corrected chi connectivity index (χ0v) is 15.5. The molecule has 5 rings (SSSR count). The van der Waals surface area contributed by atoms with Crippen LogP contribution < -0.4 is 0 Å². The first-order chi connectivity index (χ1) is 13.8. The van der Waals surface area contributed by atoms with Crippen LogP contribution in [-0.4, -0.2) is 24.7 Å². The molecule has 0 amide bonds. The first-order valence-corrected chi connectivity index (χ1v) is 9.34. The van der Waals surface area contributed by atoms with E-state index >= 15 is 0 Å². The van der Waals surface area contributed by atoms with Gasteiger partial charge in [0.05, 0.1) is 11.4 Å². The summed E-state index contributed by atoms with van der Waals surface area (Å²) in [5.74, 6) is 0. The SMILES string of the molecule is CCn1nc(-c2cccnc2)cc1-c1cnc2[nH]c(-c3ccccc3)cc2c1. The second-order valence-corrected chi connectivity index (χ2v) is 6.68. The quantitative estimate of drug-likeness (QED) is 0.478. The van der Waals surface area contributed by atoms with Crippen LogP contribution >= 0.6 is 0 Å². The van der Waals surface area contributed by atoms with Crippen LogP contribution in [0.4, 0.5) is 0 Å². The predicted molar refractivity (Wildman–Crippen MR) is 112 cm³/mol. The molecule has 0 aliphatic heterocycles. The van der Waals surface area contributed by atoms with Gasteiger partial charge in [-0.25, -0.2) is 4.98 Å². The molecule has 0 bridgehead atoms. The highest BCUT2D eigenvalue weighted by atomic mass is 15.3. The molecule has 0 saturated heterocycles. The first-order valence-electron chi connectivity index (χ1n) is 9.34. The van der Waals surface area contributed by atoms with E-state index in [0.29, 0.717) is 0 Å². The average molecular weight is 365 g/mol. The van der Waals surface area contributed by atoms with Crippen LogP contribution in [0.15, 0.2) is 79.3 Å². The van der Waals surface area contributed by atoms with Crippen molar-refractivity contribution in [3.8, 4) is 33.8 Å². The van der Waals surface area contributed by atoms with E-state index in [0.717, 1.165) is 51.4 Å². The minimum atomic E-state index is 0.788. The van der Waals surface area contributed by atoms with Gasteiger partial charge in [-0.2, -0.15) is 5.10 Å². The van der Waals surface area contributed by atoms with Gasteiger partial charge in [-0.05, 0) is 42.8 Å². The van der Waals surface area contributed by atoms with Gasteiger partial charge in [0.25, 0.3) is 0 Å². The maximum absolute atomic E-state index is 4.75. The Labute approximate surface area is 162 Å². The van der Waals surface area contributed by atoms with Crippen molar-refractivity contribution in [2.45, 2.75) is 13.5 Å². The van der Waals surface area contributed by atoms with Crippen molar-refractivity contribution in [1.82, 2.24) is 24.7 Å². The predicted octanol–water partition coefficient (Wildman–Crippen LogP) is 5.18. The largest absolute Gasteiger partial charge is 0.339 e. The zero-order chi connectivity index (χ0) is 18.9. The van der Waals surface area contributed by atoms with Gasteiger partial charge in [-0.1, -0.05) is 30.3 Å². The van der Waals surface area contributed by atoms with Crippen molar-refractivity contribution in [1.29, 1.82) is 0 Å². The summed E-state index contributed by atoms with van der Waals surface area (Å²) in [5.41, 5.74) is 7.15. The topological polar surface area (TPSA) is 59.4 Å². The molecule has 4 aromatic heterocycles. The van der Waals surface area contributed by atoms with Gasteiger partial charge in [0, 0.05) is 47.3 Å². The van der Waals surface area contributed by atoms with Crippen LogP contribution in [0.2, 0.25) is 0 Å². The van der Waals surface area contributed by atoms with Crippen LogP contribution in [0, 0.1) is 0 Å². The Morgan fingerprint density at radius 2 is 1.75 bits per heavy atom. The fourth-order valence-corrected chi connectivity index (χ4v) is 3.47. The van der Waals surface area contributed by atoms with E-state index in [1.165, 1.54) is 0 Å². The summed E-state index contributed by atoms with van der Waals surface area (Å²) in [4.78, 5) is 12.3. The number of fused-ring (bicyclic) bond motifs is 1. The van der Waals surface area contributed by atoms with E-state index in [2.05, 4.69) is 52.2 Å². The maximum atomic E-state index is 4.75. The van der Waals surface area contributed by atoms with E-state index in [9.17, 15) is 0 Å². The van der Waals surface area contributed by atoms with Crippen molar-refractivity contribution in [2.24, 2.45) is 0 Å². The van der Waals surface area contributed by atoms with E-state index in [1.807, 2.05) is 47.4 Å². The van der Waals surface area contributed by atoms with E-state index < -0.39 is 0 Å². The molecule has 1 N–H and O–H groups in total. The normalized spacial score (nSPS) is 11.2. The lowest BCUT2D eigenvalue weighted by Gasteiger charge is -2.04. The van der Waals surface area contributed by atoms with Gasteiger partial charge in [0.15, 0.2) is 0 Å². The van der Waals surface area contributed by atoms with Crippen LogP contribution in [0.1, 0.15) is 6.92 Å². The van der Waals surface area contributed by atoms with E-state index in [4.69, 9.17) is 5.10 Å². The molecule has 0 aliphatic carbocycles. The van der Waals surface area contributed by atoms with Crippen LogP contribution in [0.3, 0.4) is 0 Å². The van der Waals surface area contributed by atoms with Gasteiger partial charge in [-0.15, -0.1) is 0 Å². The third-order valence-corrected chi connectivity index (χ3v) is 4.89. The van der Waals surface area contributed by atoms with E-state index in [-0.39, 0.29) is 0 Å². The Kier molecular flexibility index (Phi) is 3.98. The molecule has 0 saturated carbocycles. The summed E-state index contributed by atoms with van der Waals surface area (Å²) in [6, 6.07) is 20.7. The summed E-state index contributed by atoms with van der Waals surface area (Å²) in [6.07, 6.45) is 5.52. The summed E-state index contributed by atoms with van der Waals surface area (Å²) < 4.78 is 2.01. The van der Waals surface area contributed by atoms with Gasteiger partial charge in [0.2, 0.25) is 0 Å². The number of hydrogen-bond acceptors (Lipinski definition) is 3. The number of aryl methyl sites for hydroxylation is 1. The molecule has 0 radical (unpaired) electrons. The average Bonchev–Trinajstić information content (AvgIpc) is 3.39. The number of pyridine rings is 2. The Hall–Kier alpha value is -3.73. The van der Waals surface area contributed by atoms with Crippen molar-refractivity contribution < 1.29 is 0 Å². The molecular weight excluding hydrogens is 346 g/mol. The molecule has 5 heteroatoms. The van der Waals surface area contributed by atoms with Gasteiger partial charge < -0.3 is 4.98 Å². The molecule has 136 valence electrons. The Bertz CT molecular complexity index is 1240. The lowest BCUT2D eigenvalue weighted by Crippen LogP contribution is -1.99. The number of H-pyrrole nitrogens is 1. The number of nitrogens with one attached hydrogen (secondary N) is 1. The lowest BCUT2D eigenvalue weighted by atomic mass is 10.1. The van der Waals surface area contributed by atoms with Crippen molar-refractivity contribution in [3.05, 3.63) is 79.3 Å². The Morgan fingerprint density at radius 3 is 2.54 bits per heavy atom. The number of hydrogen-bond donors (Lipinski definition) is 1. The number of nitrogens with zero attached hydrogens (tertiary/aromatic N) is 4. The monoisotopic (exact) mass is 365 g/mol. The van der Waals surface area contributed by atoms with Crippen LogP contribution in [-0.2, 0) is 6.54 Å². The third kappa shape index (κ3) is 2.87. The van der Waals surface area contributed by atoms with Gasteiger partial charge in [-0.3, -0.25) is 9.67 Å².